The Morgan fingerprint density at radius 1 is 0.923 bits per heavy atom. The first-order valence-electron chi connectivity index (χ1n) is 8.45. The van der Waals surface area contributed by atoms with Crippen LogP contribution in [0.15, 0.2) is 66.7 Å². The molecule has 2 aromatic heterocycles. The van der Waals surface area contributed by atoms with Gasteiger partial charge in [0.25, 0.3) is 0 Å². The van der Waals surface area contributed by atoms with Crippen molar-refractivity contribution in [2.75, 3.05) is 0 Å². The fourth-order valence-corrected chi connectivity index (χ4v) is 3.30. The largest absolute Gasteiger partial charge is 0.471 e. The molecule has 0 N–H and O–H groups in total. The summed E-state index contributed by atoms with van der Waals surface area (Å²) < 4.78 is 8.08. The molecule has 4 rings (SSSR count). The molecule has 4 nitrogen and oxygen atoms in total. The number of nitrogens with zero attached hydrogens (tertiary/aromatic N) is 3. The van der Waals surface area contributed by atoms with E-state index in [4.69, 9.17) is 16.3 Å². The van der Waals surface area contributed by atoms with Crippen LogP contribution in [0, 0.1) is 6.92 Å². The van der Waals surface area contributed by atoms with Crippen LogP contribution in [0.1, 0.15) is 16.8 Å². The standard InChI is InChI=1S/C21H18ClN3O/c1-15-12-18-19(25(15)13-16-8-4-2-5-9-16)20(22)23-24-21(18)26-14-17-10-6-3-7-11-17/h2-12H,13-14H2,1H3. The van der Waals surface area contributed by atoms with Crippen molar-refractivity contribution in [3.05, 3.63) is 88.7 Å². The van der Waals surface area contributed by atoms with Gasteiger partial charge in [0.15, 0.2) is 5.15 Å². The predicted octanol–water partition coefficient (Wildman–Crippen LogP) is 5.02. The van der Waals surface area contributed by atoms with Crippen molar-refractivity contribution < 1.29 is 4.74 Å². The number of halogens is 1. The molecule has 0 bridgehead atoms. The quantitative estimate of drug-likeness (QED) is 0.499. The molecule has 0 amide bonds. The number of ether oxygens (including phenoxy) is 1. The van der Waals surface area contributed by atoms with E-state index in [0.29, 0.717) is 17.6 Å². The fourth-order valence-electron chi connectivity index (χ4n) is 3.06. The van der Waals surface area contributed by atoms with Gasteiger partial charge >= 0.3 is 0 Å². The molecular weight excluding hydrogens is 346 g/mol. The highest BCUT2D eigenvalue weighted by atomic mass is 35.5. The zero-order valence-electron chi connectivity index (χ0n) is 14.4. The molecule has 5 heteroatoms. The molecule has 0 aliphatic carbocycles. The van der Waals surface area contributed by atoms with Crippen LogP contribution in [0.4, 0.5) is 0 Å². The SMILES string of the molecule is Cc1cc2c(OCc3ccccc3)nnc(Cl)c2n1Cc1ccccc1. The van der Waals surface area contributed by atoms with Gasteiger partial charge in [-0.3, -0.25) is 0 Å². The minimum atomic E-state index is 0.385. The van der Waals surface area contributed by atoms with Crippen LogP contribution < -0.4 is 4.74 Å². The van der Waals surface area contributed by atoms with Gasteiger partial charge < -0.3 is 9.30 Å². The maximum absolute atomic E-state index is 6.38. The Kier molecular flexibility index (Phi) is 4.59. The third-order valence-corrected chi connectivity index (χ3v) is 4.61. The molecule has 0 fully saturated rings. The van der Waals surface area contributed by atoms with Crippen molar-refractivity contribution in [2.45, 2.75) is 20.1 Å². The minimum Gasteiger partial charge on any atom is -0.471 e. The Labute approximate surface area is 157 Å². The van der Waals surface area contributed by atoms with Crippen LogP contribution in [0.2, 0.25) is 5.15 Å². The molecule has 0 saturated carbocycles. The van der Waals surface area contributed by atoms with Crippen molar-refractivity contribution >= 4 is 22.5 Å². The first-order valence-corrected chi connectivity index (χ1v) is 8.83. The summed E-state index contributed by atoms with van der Waals surface area (Å²) >= 11 is 6.38. The van der Waals surface area contributed by atoms with Gasteiger partial charge in [0.1, 0.15) is 6.61 Å². The highest BCUT2D eigenvalue weighted by molar-refractivity contribution is 6.34. The second-order valence-electron chi connectivity index (χ2n) is 6.19. The summed E-state index contributed by atoms with van der Waals surface area (Å²) in [4.78, 5) is 0. The van der Waals surface area contributed by atoms with Crippen LogP contribution in [0.5, 0.6) is 5.88 Å². The van der Waals surface area contributed by atoms with Gasteiger partial charge in [0.05, 0.1) is 10.9 Å². The smallest absolute Gasteiger partial charge is 0.243 e. The summed E-state index contributed by atoms with van der Waals surface area (Å²) in [5.41, 5.74) is 4.22. The Balaban J connectivity index is 1.70. The van der Waals surface area contributed by atoms with E-state index in [-0.39, 0.29) is 0 Å². The van der Waals surface area contributed by atoms with Crippen LogP contribution in [0.3, 0.4) is 0 Å². The molecule has 0 unspecified atom stereocenters. The average Bonchev–Trinajstić information content (AvgIpc) is 3.00. The lowest BCUT2D eigenvalue weighted by Crippen LogP contribution is -2.03. The van der Waals surface area contributed by atoms with Crippen LogP contribution in [-0.4, -0.2) is 14.8 Å². The molecule has 0 aliphatic rings. The van der Waals surface area contributed by atoms with Crippen molar-refractivity contribution in [3.8, 4) is 5.88 Å². The zero-order chi connectivity index (χ0) is 17.9. The van der Waals surface area contributed by atoms with E-state index in [9.17, 15) is 0 Å². The number of rotatable bonds is 5. The fraction of sp³-hybridized carbons (Fsp3) is 0.143. The zero-order valence-corrected chi connectivity index (χ0v) is 15.1. The maximum atomic E-state index is 6.38. The Bertz CT molecular complexity index is 1030. The van der Waals surface area contributed by atoms with E-state index in [1.54, 1.807) is 0 Å². The number of hydrogen-bond donors (Lipinski definition) is 0. The van der Waals surface area contributed by atoms with Gasteiger partial charge in [-0.15, -0.1) is 10.2 Å². The Morgan fingerprint density at radius 3 is 2.27 bits per heavy atom. The molecule has 0 radical (unpaired) electrons. The van der Waals surface area contributed by atoms with E-state index >= 15 is 0 Å². The molecule has 0 atom stereocenters. The van der Waals surface area contributed by atoms with Gasteiger partial charge in [-0.1, -0.05) is 72.3 Å². The summed E-state index contributed by atoms with van der Waals surface area (Å²) in [6, 6.07) is 22.3. The molecule has 0 saturated heterocycles. The van der Waals surface area contributed by atoms with Crippen molar-refractivity contribution in [3.63, 3.8) is 0 Å². The van der Waals surface area contributed by atoms with Crippen LogP contribution >= 0.6 is 11.6 Å². The molecule has 2 heterocycles. The van der Waals surface area contributed by atoms with Gasteiger partial charge in [0.2, 0.25) is 5.88 Å². The molecule has 130 valence electrons. The monoisotopic (exact) mass is 363 g/mol. The van der Waals surface area contributed by atoms with Gasteiger partial charge in [-0.05, 0) is 24.1 Å². The second-order valence-corrected chi connectivity index (χ2v) is 6.55. The number of hydrogen-bond acceptors (Lipinski definition) is 3. The molecule has 0 aliphatic heterocycles. The summed E-state index contributed by atoms with van der Waals surface area (Å²) in [5, 5.41) is 9.54. The third-order valence-electron chi connectivity index (χ3n) is 4.36. The van der Waals surface area contributed by atoms with Crippen molar-refractivity contribution in [2.24, 2.45) is 0 Å². The molecular formula is C21H18ClN3O. The Morgan fingerprint density at radius 2 is 1.58 bits per heavy atom. The lowest BCUT2D eigenvalue weighted by Gasteiger charge is -2.10. The van der Waals surface area contributed by atoms with Gasteiger partial charge in [0, 0.05) is 12.2 Å². The molecule has 26 heavy (non-hydrogen) atoms. The highest BCUT2D eigenvalue weighted by Gasteiger charge is 2.16. The van der Waals surface area contributed by atoms with Crippen LogP contribution in [-0.2, 0) is 13.2 Å². The van der Waals surface area contributed by atoms with E-state index < -0.39 is 0 Å². The summed E-state index contributed by atoms with van der Waals surface area (Å²) in [5.74, 6) is 0.503. The molecule has 2 aromatic carbocycles. The number of fused-ring (bicyclic) bond motifs is 1. The normalized spacial score (nSPS) is 11.0. The van der Waals surface area contributed by atoms with E-state index in [0.717, 1.165) is 28.7 Å². The lowest BCUT2D eigenvalue weighted by molar-refractivity contribution is 0.294. The van der Waals surface area contributed by atoms with Crippen molar-refractivity contribution in [1.82, 2.24) is 14.8 Å². The summed E-state index contributed by atoms with van der Waals surface area (Å²) in [6.07, 6.45) is 0. The third kappa shape index (κ3) is 3.28. The van der Waals surface area contributed by atoms with Crippen molar-refractivity contribution in [1.29, 1.82) is 0 Å². The van der Waals surface area contributed by atoms with Gasteiger partial charge in [-0.2, -0.15) is 0 Å². The number of aromatic nitrogens is 3. The topological polar surface area (TPSA) is 39.9 Å². The molecule has 4 aromatic rings. The van der Waals surface area contributed by atoms with Gasteiger partial charge in [-0.25, -0.2) is 0 Å². The first kappa shape index (κ1) is 16.6. The van der Waals surface area contributed by atoms with E-state index in [2.05, 4.69) is 39.9 Å². The van der Waals surface area contributed by atoms with E-state index in [1.165, 1.54) is 5.56 Å². The maximum Gasteiger partial charge on any atom is 0.243 e. The summed E-state index contributed by atoms with van der Waals surface area (Å²) in [6.45, 7) is 3.22. The highest BCUT2D eigenvalue weighted by Crippen LogP contribution is 2.31. The second kappa shape index (κ2) is 7.18. The Hall–Kier alpha value is -2.85. The van der Waals surface area contributed by atoms with E-state index in [1.807, 2.05) is 48.5 Å². The minimum absolute atomic E-state index is 0.385. The number of benzene rings is 2. The number of aryl methyl sites for hydroxylation is 1. The van der Waals surface area contributed by atoms with Crippen LogP contribution in [0.25, 0.3) is 10.9 Å². The molecule has 0 spiro atoms. The first-order chi connectivity index (χ1) is 12.7. The predicted molar refractivity (Wildman–Crippen MR) is 104 cm³/mol. The summed E-state index contributed by atoms with van der Waals surface area (Å²) in [7, 11) is 0. The lowest BCUT2D eigenvalue weighted by atomic mass is 10.2. The average molecular weight is 364 g/mol.